The number of hydrogen-bond donors (Lipinski definition) is 1. The second-order valence-corrected chi connectivity index (χ2v) is 6.62. The van der Waals surface area contributed by atoms with Crippen LogP contribution in [0.25, 0.3) is 0 Å². The molecule has 1 heterocycles. The number of piperazine rings is 1. The predicted octanol–water partition coefficient (Wildman–Crippen LogP) is 2.11. The minimum atomic E-state index is 0.782. The third-order valence-corrected chi connectivity index (χ3v) is 5.02. The second kappa shape index (κ2) is 3.99. The molecule has 1 saturated heterocycles. The fourth-order valence-electron chi connectivity index (χ4n) is 3.58. The van der Waals surface area contributed by atoms with Gasteiger partial charge >= 0.3 is 0 Å². The molecular weight excluding hydrogens is 196 g/mol. The average Bonchev–Trinajstić information content (AvgIpc) is 3.12. The van der Waals surface area contributed by atoms with E-state index in [1.807, 2.05) is 0 Å². The summed E-state index contributed by atoms with van der Waals surface area (Å²) in [7, 11) is 0. The highest BCUT2D eigenvalue weighted by Crippen LogP contribution is 2.61. The molecule has 1 aliphatic heterocycles. The zero-order valence-corrected chi connectivity index (χ0v) is 10.8. The molecule has 0 amide bonds. The Morgan fingerprint density at radius 2 is 2.06 bits per heavy atom. The van der Waals surface area contributed by atoms with E-state index in [2.05, 4.69) is 24.1 Å². The molecule has 2 saturated carbocycles. The Bertz CT molecular complexity index is 253. The van der Waals surface area contributed by atoms with Crippen LogP contribution in [0.3, 0.4) is 0 Å². The van der Waals surface area contributed by atoms with Gasteiger partial charge in [0, 0.05) is 32.2 Å². The van der Waals surface area contributed by atoms with Crippen molar-refractivity contribution < 1.29 is 0 Å². The Morgan fingerprint density at radius 3 is 2.62 bits per heavy atom. The first kappa shape index (κ1) is 11.0. The molecule has 3 aliphatic rings. The summed E-state index contributed by atoms with van der Waals surface area (Å²) in [6.07, 6.45) is 6.09. The Balaban J connectivity index is 1.63. The van der Waals surface area contributed by atoms with Crippen molar-refractivity contribution in [2.75, 3.05) is 26.2 Å². The van der Waals surface area contributed by atoms with E-state index in [1.165, 1.54) is 51.9 Å². The van der Waals surface area contributed by atoms with E-state index in [-0.39, 0.29) is 0 Å². The molecule has 92 valence electrons. The fourth-order valence-corrected chi connectivity index (χ4v) is 3.58. The van der Waals surface area contributed by atoms with Crippen LogP contribution < -0.4 is 5.32 Å². The molecule has 0 bridgehead atoms. The van der Waals surface area contributed by atoms with Crippen LogP contribution in [0, 0.1) is 17.3 Å². The van der Waals surface area contributed by atoms with Crippen molar-refractivity contribution in [3.8, 4) is 0 Å². The Hall–Kier alpha value is -0.0800. The molecule has 1 atom stereocenters. The molecule has 3 fully saturated rings. The van der Waals surface area contributed by atoms with Gasteiger partial charge in [0.25, 0.3) is 0 Å². The molecule has 2 nitrogen and oxygen atoms in total. The molecule has 0 aromatic rings. The van der Waals surface area contributed by atoms with Crippen molar-refractivity contribution in [1.29, 1.82) is 0 Å². The molecule has 2 heteroatoms. The first-order valence-corrected chi connectivity index (χ1v) is 7.16. The van der Waals surface area contributed by atoms with Gasteiger partial charge in [-0.3, -0.25) is 4.90 Å². The van der Waals surface area contributed by atoms with Gasteiger partial charge in [0.15, 0.2) is 0 Å². The molecule has 16 heavy (non-hydrogen) atoms. The zero-order chi connectivity index (χ0) is 11.2. The summed E-state index contributed by atoms with van der Waals surface area (Å²) >= 11 is 0. The highest BCUT2D eigenvalue weighted by molar-refractivity contribution is 5.06. The van der Waals surface area contributed by atoms with Crippen molar-refractivity contribution in [1.82, 2.24) is 10.2 Å². The van der Waals surface area contributed by atoms with Crippen molar-refractivity contribution in [3.63, 3.8) is 0 Å². The lowest BCUT2D eigenvalue weighted by Gasteiger charge is -2.40. The number of rotatable bonds is 4. The lowest BCUT2D eigenvalue weighted by atomic mass is 9.95. The lowest BCUT2D eigenvalue weighted by Crippen LogP contribution is -2.55. The van der Waals surface area contributed by atoms with E-state index < -0.39 is 0 Å². The minimum Gasteiger partial charge on any atom is -0.314 e. The van der Waals surface area contributed by atoms with Gasteiger partial charge in [-0.25, -0.2) is 0 Å². The summed E-state index contributed by atoms with van der Waals surface area (Å²) in [5.74, 6) is 1.90. The third kappa shape index (κ3) is 2.02. The summed E-state index contributed by atoms with van der Waals surface area (Å²) < 4.78 is 0. The third-order valence-electron chi connectivity index (χ3n) is 5.02. The smallest absolute Gasteiger partial charge is 0.0244 e. The lowest BCUT2D eigenvalue weighted by molar-refractivity contribution is 0.0932. The van der Waals surface area contributed by atoms with E-state index in [4.69, 9.17) is 0 Å². The molecule has 0 aromatic carbocycles. The van der Waals surface area contributed by atoms with Gasteiger partial charge in [0.05, 0.1) is 0 Å². The Kier molecular flexibility index (Phi) is 2.75. The number of hydrogen-bond acceptors (Lipinski definition) is 2. The van der Waals surface area contributed by atoms with Crippen molar-refractivity contribution in [2.24, 2.45) is 17.3 Å². The van der Waals surface area contributed by atoms with Crippen molar-refractivity contribution >= 4 is 0 Å². The van der Waals surface area contributed by atoms with E-state index in [0.717, 1.165) is 23.3 Å². The van der Waals surface area contributed by atoms with Gasteiger partial charge in [0.2, 0.25) is 0 Å². The molecule has 0 spiro atoms. The predicted molar refractivity (Wildman–Crippen MR) is 67.5 cm³/mol. The maximum absolute atomic E-state index is 3.56. The summed E-state index contributed by atoms with van der Waals surface area (Å²) in [5.41, 5.74) is 0.782. The van der Waals surface area contributed by atoms with Crippen LogP contribution in [0.5, 0.6) is 0 Å². The summed E-state index contributed by atoms with van der Waals surface area (Å²) in [6, 6.07) is 0.782. The van der Waals surface area contributed by atoms with Crippen LogP contribution in [0.15, 0.2) is 0 Å². The quantitative estimate of drug-likeness (QED) is 0.784. The highest BCUT2D eigenvalue weighted by atomic mass is 15.2. The maximum atomic E-state index is 3.56. The summed E-state index contributed by atoms with van der Waals surface area (Å²) in [5, 5.41) is 3.56. The van der Waals surface area contributed by atoms with Gasteiger partial charge in [-0.2, -0.15) is 0 Å². The largest absolute Gasteiger partial charge is 0.314 e. The summed E-state index contributed by atoms with van der Waals surface area (Å²) in [6.45, 7) is 9.84. The first-order chi connectivity index (χ1) is 7.71. The van der Waals surface area contributed by atoms with E-state index in [0.29, 0.717) is 0 Å². The molecule has 3 rings (SSSR count). The molecular formula is C14H26N2. The Morgan fingerprint density at radius 1 is 1.31 bits per heavy atom. The minimum absolute atomic E-state index is 0.782. The maximum Gasteiger partial charge on any atom is 0.0244 e. The molecule has 1 N–H and O–H groups in total. The monoisotopic (exact) mass is 222 g/mol. The van der Waals surface area contributed by atoms with Gasteiger partial charge in [-0.1, -0.05) is 13.8 Å². The van der Waals surface area contributed by atoms with Crippen LogP contribution in [0.2, 0.25) is 0 Å². The van der Waals surface area contributed by atoms with Crippen LogP contribution >= 0.6 is 0 Å². The standard InChI is InChI=1S/C14H26N2/c1-11(2)13-9-15-7-8-16(13)10-14(5-6-14)12-3-4-12/h11-13,15H,3-10H2,1-2H3. The van der Waals surface area contributed by atoms with E-state index in [9.17, 15) is 0 Å². The van der Waals surface area contributed by atoms with Gasteiger partial charge in [0.1, 0.15) is 0 Å². The topological polar surface area (TPSA) is 15.3 Å². The van der Waals surface area contributed by atoms with Crippen molar-refractivity contribution in [2.45, 2.75) is 45.6 Å². The number of nitrogens with one attached hydrogen (secondary N) is 1. The SMILES string of the molecule is CC(C)C1CNCCN1CC1(C2CC2)CC1. The van der Waals surface area contributed by atoms with Crippen LogP contribution in [-0.2, 0) is 0 Å². The highest BCUT2D eigenvalue weighted by Gasteiger charge is 2.54. The second-order valence-electron chi connectivity index (χ2n) is 6.62. The normalized spacial score (nSPS) is 34.3. The van der Waals surface area contributed by atoms with Crippen molar-refractivity contribution in [3.05, 3.63) is 0 Å². The van der Waals surface area contributed by atoms with Gasteiger partial charge in [-0.15, -0.1) is 0 Å². The summed E-state index contributed by atoms with van der Waals surface area (Å²) in [4.78, 5) is 2.80. The van der Waals surface area contributed by atoms with Gasteiger partial charge < -0.3 is 5.32 Å². The van der Waals surface area contributed by atoms with E-state index >= 15 is 0 Å². The molecule has 2 aliphatic carbocycles. The van der Waals surface area contributed by atoms with Gasteiger partial charge in [-0.05, 0) is 42.9 Å². The zero-order valence-electron chi connectivity index (χ0n) is 10.8. The van der Waals surface area contributed by atoms with Crippen LogP contribution in [0.1, 0.15) is 39.5 Å². The van der Waals surface area contributed by atoms with Crippen LogP contribution in [0.4, 0.5) is 0 Å². The first-order valence-electron chi connectivity index (χ1n) is 7.16. The number of nitrogens with zero attached hydrogens (tertiary/aromatic N) is 1. The molecule has 0 radical (unpaired) electrons. The van der Waals surface area contributed by atoms with Crippen LogP contribution in [-0.4, -0.2) is 37.1 Å². The average molecular weight is 222 g/mol. The molecule has 1 unspecified atom stereocenters. The molecule has 0 aromatic heterocycles. The Labute approximate surface area is 99.8 Å². The fraction of sp³-hybridized carbons (Fsp3) is 1.00. The van der Waals surface area contributed by atoms with E-state index in [1.54, 1.807) is 0 Å².